The lowest BCUT2D eigenvalue weighted by Crippen LogP contribution is -2.40. The van der Waals surface area contributed by atoms with Crippen molar-refractivity contribution in [3.8, 4) is 0 Å². The fourth-order valence-corrected chi connectivity index (χ4v) is 3.77. The number of rotatable bonds is 6. The second-order valence-electron chi connectivity index (χ2n) is 7.54. The van der Waals surface area contributed by atoms with Crippen molar-refractivity contribution in [2.75, 3.05) is 32.1 Å². The third-order valence-corrected chi connectivity index (χ3v) is 5.38. The molecular weight excluding hydrogens is 383 g/mol. The minimum Gasteiger partial charge on any atom is -0.369 e. The van der Waals surface area contributed by atoms with Crippen LogP contribution in [0.3, 0.4) is 0 Å². The van der Waals surface area contributed by atoms with Crippen LogP contribution in [0.5, 0.6) is 0 Å². The monoisotopic (exact) mass is 412 g/mol. The molecule has 0 spiro atoms. The van der Waals surface area contributed by atoms with Gasteiger partial charge >= 0.3 is 0 Å². The molecule has 0 aliphatic carbocycles. The van der Waals surface area contributed by atoms with Crippen molar-refractivity contribution >= 4 is 17.7 Å². The molecule has 160 valence electrons. The highest BCUT2D eigenvalue weighted by molar-refractivity contribution is 5.79. The van der Waals surface area contributed by atoms with Gasteiger partial charge in [0.1, 0.15) is 11.6 Å². The Hall–Kier alpha value is -3.16. The SMILES string of the molecule is CN=C(NCc1cccnc1N1CCC(C(N)=O)CC1)N(C)Cc1cccc(F)c1. The standard InChI is InChI=1S/C22H29FN6O/c1-25-22(28(2)15-16-5-3-7-19(23)13-16)27-14-18-6-4-10-26-21(18)29-11-8-17(9-12-29)20(24)30/h3-7,10,13,17H,8-9,11-12,14-15H2,1-2H3,(H2,24,30)(H,25,27). The third kappa shape index (κ3) is 5.46. The highest BCUT2D eigenvalue weighted by Gasteiger charge is 2.25. The second kappa shape index (κ2) is 10.0. The Morgan fingerprint density at radius 2 is 2.10 bits per heavy atom. The lowest BCUT2D eigenvalue weighted by Gasteiger charge is -2.32. The number of guanidine groups is 1. The molecule has 0 saturated carbocycles. The van der Waals surface area contributed by atoms with Gasteiger partial charge in [0.2, 0.25) is 5.91 Å². The topological polar surface area (TPSA) is 86.9 Å². The number of benzene rings is 1. The lowest BCUT2D eigenvalue weighted by atomic mass is 9.96. The Morgan fingerprint density at radius 3 is 2.77 bits per heavy atom. The summed E-state index contributed by atoms with van der Waals surface area (Å²) in [6.45, 7) is 2.61. The Morgan fingerprint density at radius 1 is 1.33 bits per heavy atom. The van der Waals surface area contributed by atoms with E-state index in [9.17, 15) is 9.18 Å². The van der Waals surface area contributed by atoms with Crippen LogP contribution in [-0.4, -0.2) is 48.9 Å². The molecule has 1 aliphatic rings. The number of nitrogens with one attached hydrogen (secondary N) is 1. The Kier molecular flexibility index (Phi) is 7.21. The number of anilines is 1. The molecule has 0 unspecified atom stereocenters. The Labute approximate surface area is 176 Å². The number of aliphatic imine (C=N–C) groups is 1. The van der Waals surface area contributed by atoms with Gasteiger partial charge in [-0.05, 0) is 36.6 Å². The van der Waals surface area contributed by atoms with Crippen molar-refractivity contribution in [2.45, 2.75) is 25.9 Å². The van der Waals surface area contributed by atoms with E-state index in [0.717, 1.165) is 42.9 Å². The smallest absolute Gasteiger partial charge is 0.220 e. The number of hydrogen-bond acceptors (Lipinski definition) is 4. The largest absolute Gasteiger partial charge is 0.369 e. The van der Waals surface area contributed by atoms with Crippen LogP contribution >= 0.6 is 0 Å². The minimum atomic E-state index is -0.246. The molecule has 3 rings (SSSR count). The molecule has 7 nitrogen and oxygen atoms in total. The van der Waals surface area contributed by atoms with Gasteiger partial charge in [0.15, 0.2) is 5.96 Å². The summed E-state index contributed by atoms with van der Waals surface area (Å²) in [6, 6.07) is 10.5. The molecule has 0 radical (unpaired) electrons. The van der Waals surface area contributed by atoms with E-state index in [0.29, 0.717) is 19.0 Å². The van der Waals surface area contributed by atoms with Crippen LogP contribution < -0.4 is 16.0 Å². The predicted octanol–water partition coefficient (Wildman–Crippen LogP) is 2.13. The van der Waals surface area contributed by atoms with E-state index in [1.165, 1.54) is 12.1 Å². The zero-order chi connectivity index (χ0) is 21.5. The molecule has 1 fully saturated rings. The summed E-state index contributed by atoms with van der Waals surface area (Å²) in [5, 5.41) is 3.37. The molecule has 2 heterocycles. The van der Waals surface area contributed by atoms with Gasteiger partial charge in [-0.15, -0.1) is 0 Å². The first-order valence-corrected chi connectivity index (χ1v) is 10.1. The van der Waals surface area contributed by atoms with Crippen LogP contribution in [0.15, 0.2) is 47.6 Å². The zero-order valence-electron chi connectivity index (χ0n) is 17.5. The molecule has 30 heavy (non-hydrogen) atoms. The number of carbonyl (C=O) groups excluding carboxylic acids is 1. The fourth-order valence-electron chi connectivity index (χ4n) is 3.77. The number of piperidine rings is 1. The lowest BCUT2D eigenvalue weighted by molar-refractivity contribution is -0.122. The highest BCUT2D eigenvalue weighted by Crippen LogP contribution is 2.24. The summed E-state index contributed by atoms with van der Waals surface area (Å²) in [6.07, 6.45) is 3.28. The molecule has 8 heteroatoms. The van der Waals surface area contributed by atoms with E-state index >= 15 is 0 Å². The van der Waals surface area contributed by atoms with Gasteiger partial charge in [-0.3, -0.25) is 9.79 Å². The minimum absolute atomic E-state index is 0.0539. The van der Waals surface area contributed by atoms with Crippen LogP contribution in [0.25, 0.3) is 0 Å². The van der Waals surface area contributed by atoms with Crippen molar-refractivity contribution < 1.29 is 9.18 Å². The number of primary amides is 1. The number of nitrogens with zero attached hydrogens (tertiary/aromatic N) is 4. The van der Waals surface area contributed by atoms with Crippen molar-refractivity contribution in [1.29, 1.82) is 0 Å². The second-order valence-corrected chi connectivity index (χ2v) is 7.54. The summed E-state index contributed by atoms with van der Waals surface area (Å²) in [4.78, 5) is 24.5. The number of carbonyl (C=O) groups is 1. The number of aromatic nitrogens is 1. The predicted molar refractivity (Wildman–Crippen MR) is 116 cm³/mol. The molecule has 1 saturated heterocycles. The first-order valence-electron chi connectivity index (χ1n) is 10.1. The maximum absolute atomic E-state index is 13.5. The van der Waals surface area contributed by atoms with Crippen LogP contribution in [0.1, 0.15) is 24.0 Å². The molecule has 1 amide bonds. The Balaban J connectivity index is 1.63. The first-order chi connectivity index (χ1) is 14.5. The maximum Gasteiger partial charge on any atom is 0.220 e. The number of halogens is 1. The Bertz CT molecular complexity index is 895. The zero-order valence-corrected chi connectivity index (χ0v) is 17.5. The number of hydrogen-bond donors (Lipinski definition) is 2. The van der Waals surface area contributed by atoms with E-state index in [2.05, 4.69) is 20.2 Å². The average Bonchev–Trinajstić information content (AvgIpc) is 2.74. The van der Waals surface area contributed by atoms with Crippen molar-refractivity contribution in [3.63, 3.8) is 0 Å². The van der Waals surface area contributed by atoms with Crippen molar-refractivity contribution in [1.82, 2.24) is 15.2 Å². The summed E-state index contributed by atoms with van der Waals surface area (Å²) >= 11 is 0. The van der Waals surface area contributed by atoms with E-state index in [1.807, 2.05) is 30.1 Å². The van der Waals surface area contributed by atoms with Gasteiger partial charge in [-0.25, -0.2) is 9.37 Å². The van der Waals surface area contributed by atoms with E-state index in [-0.39, 0.29) is 17.6 Å². The molecule has 2 aromatic rings. The van der Waals surface area contributed by atoms with Crippen molar-refractivity contribution in [2.24, 2.45) is 16.6 Å². The van der Waals surface area contributed by atoms with E-state index in [4.69, 9.17) is 5.73 Å². The van der Waals surface area contributed by atoms with E-state index in [1.54, 1.807) is 19.3 Å². The fraction of sp³-hybridized carbons (Fsp3) is 0.409. The number of amides is 1. The molecule has 1 aliphatic heterocycles. The van der Waals surface area contributed by atoms with Gasteiger partial charge in [-0.2, -0.15) is 0 Å². The van der Waals surface area contributed by atoms with Crippen LogP contribution in [0.4, 0.5) is 10.2 Å². The molecule has 0 atom stereocenters. The molecular formula is C22H29FN6O. The summed E-state index contributed by atoms with van der Waals surface area (Å²) in [5.41, 5.74) is 7.37. The molecule has 3 N–H and O–H groups in total. The van der Waals surface area contributed by atoms with Gasteiger partial charge in [-0.1, -0.05) is 18.2 Å². The highest BCUT2D eigenvalue weighted by atomic mass is 19.1. The first kappa shape index (κ1) is 21.5. The van der Waals surface area contributed by atoms with Gasteiger partial charge in [0, 0.05) is 58.0 Å². The summed E-state index contributed by atoms with van der Waals surface area (Å²) < 4.78 is 13.5. The van der Waals surface area contributed by atoms with E-state index < -0.39 is 0 Å². The van der Waals surface area contributed by atoms with Gasteiger partial charge in [0.25, 0.3) is 0 Å². The molecule has 1 aromatic carbocycles. The van der Waals surface area contributed by atoms with Crippen LogP contribution in [0, 0.1) is 11.7 Å². The van der Waals surface area contributed by atoms with Crippen LogP contribution in [-0.2, 0) is 17.9 Å². The summed E-state index contributed by atoms with van der Waals surface area (Å²) in [7, 11) is 3.64. The van der Waals surface area contributed by atoms with Gasteiger partial charge < -0.3 is 20.9 Å². The van der Waals surface area contributed by atoms with Gasteiger partial charge in [0.05, 0.1) is 0 Å². The number of pyridine rings is 1. The van der Waals surface area contributed by atoms with Crippen molar-refractivity contribution in [3.05, 3.63) is 59.5 Å². The molecule has 0 bridgehead atoms. The summed E-state index contributed by atoms with van der Waals surface area (Å²) in [5.74, 6) is 1.10. The average molecular weight is 413 g/mol. The number of nitrogens with two attached hydrogens (primary N) is 1. The molecule has 1 aromatic heterocycles. The quantitative estimate of drug-likeness (QED) is 0.561. The maximum atomic E-state index is 13.5. The normalized spacial score (nSPS) is 15.2. The van der Waals surface area contributed by atoms with Crippen LogP contribution in [0.2, 0.25) is 0 Å². The third-order valence-electron chi connectivity index (χ3n) is 5.38.